The molecular formula is C9H7Br2NO2. The molecule has 1 rings (SSSR count). The van der Waals surface area contributed by atoms with Gasteiger partial charge in [-0.3, -0.25) is 4.98 Å². The van der Waals surface area contributed by atoms with Crippen LogP contribution in [0.15, 0.2) is 27.4 Å². The molecule has 3 nitrogen and oxygen atoms in total. The van der Waals surface area contributed by atoms with Crippen molar-refractivity contribution in [2.24, 2.45) is 0 Å². The van der Waals surface area contributed by atoms with Gasteiger partial charge in [-0.25, -0.2) is 4.79 Å². The molecule has 0 unspecified atom stereocenters. The summed E-state index contributed by atoms with van der Waals surface area (Å²) in [5.41, 5.74) is 0.852. The molecule has 0 saturated heterocycles. The minimum absolute atomic E-state index is 0.388. The van der Waals surface area contributed by atoms with E-state index in [1.54, 1.807) is 18.5 Å². The van der Waals surface area contributed by atoms with Crippen LogP contribution >= 0.6 is 31.9 Å². The van der Waals surface area contributed by atoms with Gasteiger partial charge in [0.2, 0.25) is 0 Å². The molecule has 14 heavy (non-hydrogen) atoms. The van der Waals surface area contributed by atoms with Crippen molar-refractivity contribution in [2.75, 3.05) is 7.11 Å². The molecule has 1 aromatic heterocycles. The van der Waals surface area contributed by atoms with Gasteiger partial charge >= 0.3 is 5.97 Å². The Labute approximate surface area is 98.4 Å². The van der Waals surface area contributed by atoms with Gasteiger partial charge in [-0.05, 0) is 37.9 Å². The average Bonchev–Trinajstić information content (AvgIpc) is 2.16. The summed E-state index contributed by atoms with van der Waals surface area (Å²) in [5.74, 6) is -0.388. The second-order valence-electron chi connectivity index (χ2n) is 2.37. The summed E-state index contributed by atoms with van der Waals surface area (Å²) in [6.07, 6.45) is 6.32. The third-order valence-corrected chi connectivity index (χ3v) is 2.74. The van der Waals surface area contributed by atoms with Crippen molar-refractivity contribution in [3.05, 3.63) is 33.0 Å². The first-order valence-electron chi connectivity index (χ1n) is 3.70. The first-order valence-corrected chi connectivity index (χ1v) is 5.28. The number of nitrogens with zero attached hydrogens (tertiary/aromatic N) is 1. The maximum Gasteiger partial charge on any atom is 0.330 e. The molecule has 0 aromatic carbocycles. The Balaban J connectivity index is 2.96. The van der Waals surface area contributed by atoms with Crippen LogP contribution in [0, 0.1) is 0 Å². The summed E-state index contributed by atoms with van der Waals surface area (Å²) in [4.78, 5) is 14.8. The molecule has 0 atom stereocenters. The van der Waals surface area contributed by atoms with Crippen molar-refractivity contribution in [2.45, 2.75) is 0 Å². The van der Waals surface area contributed by atoms with Crippen LogP contribution in [0.2, 0.25) is 0 Å². The quantitative estimate of drug-likeness (QED) is 0.621. The first-order chi connectivity index (χ1) is 6.65. The van der Waals surface area contributed by atoms with Crippen LogP contribution in [0.5, 0.6) is 0 Å². The van der Waals surface area contributed by atoms with E-state index in [4.69, 9.17) is 0 Å². The van der Waals surface area contributed by atoms with Crippen LogP contribution in [0.3, 0.4) is 0 Å². The molecule has 0 radical (unpaired) electrons. The Bertz CT molecular complexity index is 357. The fourth-order valence-corrected chi connectivity index (χ4v) is 1.99. The van der Waals surface area contributed by atoms with Gasteiger partial charge in [0.05, 0.1) is 7.11 Å². The maximum atomic E-state index is 10.9. The molecule has 1 heterocycles. The second-order valence-corrected chi connectivity index (χ2v) is 4.08. The lowest BCUT2D eigenvalue weighted by Gasteiger charge is -1.99. The second kappa shape index (κ2) is 5.26. The highest BCUT2D eigenvalue weighted by Crippen LogP contribution is 2.24. The highest BCUT2D eigenvalue weighted by molar-refractivity contribution is 9.11. The summed E-state index contributed by atoms with van der Waals surface area (Å²) < 4.78 is 6.10. The number of carbonyl (C=O) groups excluding carboxylic acids is 1. The largest absolute Gasteiger partial charge is 0.466 e. The van der Waals surface area contributed by atoms with Gasteiger partial charge in [0.25, 0.3) is 0 Å². The number of pyridine rings is 1. The molecule has 0 aliphatic carbocycles. The predicted octanol–water partition coefficient (Wildman–Crippen LogP) is 2.79. The monoisotopic (exact) mass is 319 g/mol. The highest BCUT2D eigenvalue weighted by Gasteiger charge is 2.02. The van der Waals surface area contributed by atoms with E-state index in [9.17, 15) is 4.79 Å². The number of carbonyl (C=O) groups is 1. The van der Waals surface area contributed by atoms with Crippen LogP contribution in [0.1, 0.15) is 5.56 Å². The summed E-state index contributed by atoms with van der Waals surface area (Å²) >= 11 is 6.65. The molecule has 0 aliphatic rings. The van der Waals surface area contributed by atoms with E-state index in [0.717, 1.165) is 14.5 Å². The molecule has 0 saturated carbocycles. The zero-order valence-corrected chi connectivity index (χ0v) is 10.5. The molecule has 5 heteroatoms. The Morgan fingerprint density at radius 2 is 2.00 bits per heavy atom. The highest BCUT2D eigenvalue weighted by atomic mass is 79.9. The molecule has 0 spiro atoms. The van der Waals surface area contributed by atoms with Crippen molar-refractivity contribution < 1.29 is 9.53 Å². The predicted molar refractivity (Wildman–Crippen MR) is 60.7 cm³/mol. The number of hydrogen-bond acceptors (Lipinski definition) is 3. The van der Waals surface area contributed by atoms with E-state index in [1.807, 2.05) is 0 Å². The third-order valence-electron chi connectivity index (χ3n) is 1.48. The lowest BCUT2D eigenvalue weighted by Crippen LogP contribution is -1.93. The summed E-state index contributed by atoms with van der Waals surface area (Å²) in [5, 5.41) is 0. The van der Waals surface area contributed by atoms with E-state index in [1.165, 1.54) is 13.2 Å². The van der Waals surface area contributed by atoms with Crippen LogP contribution in [-0.4, -0.2) is 18.1 Å². The normalized spacial score (nSPS) is 10.5. The van der Waals surface area contributed by atoms with Gasteiger partial charge in [-0.15, -0.1) is 0 Å². The Hall–Kier alpha value is -0.680. The third kappa shape index (κ3) is 2.92. The topological polar surface area (TPSA) is 39.2 Å². The van der Waals surface area contributed by atoms with Crippen molar-refractivity contribution in [3.8, 4) is 0 Å². The fourth-order valence-electron chi connectivity index (χ4n) is 0.800. The van der Waals surface area contributed by atoms with Crippen LogP contribution in [0.25, 0.3) is 6.08 Å². The van der Waals surface area contributed by atoms with E-state index in [-0.39, 0.29) is 5.97 Å². The van der Waals surface area contributed by atoms with Crippen molar-refractivity contribution >= 4 is 43.9 Å². The summed E-state index contributed by atoms with van der Waals surface area (Å²) in [6.45, 7) is 0. The molecule has 0 amide bonds. The first kappa shape index (κ1) is 11.4. The van der Waals surface area contributed by atoms with Gasteiger partial charge < -0.3 is 4.74 Å². The van der Waals surface area contributed by atoms with Gasteiger partial charge in [0, 0.05) is 33.0 Å². The Kier molecular flexibility index (Phi) is 4.28. The number of ether oxygens (including phenoxy) is 1. The van der Waals surface area contributed by atoms with Crippen LogP contribution < -0.4 is 0 Å². The van der Waals surface area contributed by atoms with Crippen molar-refractivity contribution in [1.82, 2.24) is 4.98 Å². The van der Waals surface area contributed by atoms with E-state index in [2.05, 4.69) is 41.6 Å². The average molecular weight is 321 g/mol. The molecule has 1 aromatic rings. The van der Waals surface area contributed by atoms with E-state index in [0.29, 0.717) is 0 Å². The maximum absolute atomic E-state index is 10.9. The lowest BCUT2D eigenvalue weighted by molar-refractivity contribution is -0.134. The molecule has 0 N–H and O–H groups in total. The van der Waals surface area contributed by atoms with Crippen molar-refractivity contribution in [1.29, 1.82) is 0 Å². The standard InChI is InChI=1S/C9H7Br2NO2/c1-14-9(13)3-2-6-7(10)4-12-5-8(6)11/h2-5H,1H3/b3-2+. The molecule has 74 valence electrons. The van der Waals surface area contributed by atoms with E-state index < -0.39 is 0 Å². The molecular weight excluding hydrogens is 314 g/mol. The van der Waals surface area contributed by atoms with Crippen LogP contribution in [0.4, 0.5) is 0 Å². The van der Waals surface area contributed by atoms with Crippen LogP contribution in [-0.2, 0) is 9.53 Å². The fraction of sp³-hybridized carbons (Fsp3) is 0.111. The Morgan fingerprint density at radius 1 is 1.43 bits per heavy atom. The number of methoxy groups -OCH3 is 1. The number of halogens is 2. The SMILES string of the molecule is COC(=O)/C=C/c1c(Br)cncc1Br. The smallest absolute Gasteiger partial charge is 0.330 e. The van der Waals surface area contributed by atoms with Gasteiger partial charge in [0.15, 0.2) is 0 Å². The minimum atomic E-state index is -0.388. The number of esters is 1. The van der Waals surface area contributed by atoms with Gasteiger partial charge in [0.1, 0.15) is 0 Å². The number of rotatable bonds is 2. The Morgan fingerprint density at radius 3 is 2.50 bits per heavy atom. The van der Waals surface area contributed by atoms with Gasteiger partial charge in [-0.1, -0.05) is 0 Å². The van der Waals surface area contributed by atoms with E-state index >= 15 is 0 Å². The summed E-state index contributed by atoms with van der Waals surface area (Å²) in [6, 6.07) is 0. The zero-order chi connectivity index (χ0) is 10.6. The zero-order valence-electron chi connectivity index (χ0n) is 7.33. The summed E-state index contributed by atoms with van der Waals surface area (Å²) in [7, 11) is 1.34. The molecule has 0 fully saturated rings. The number of aromatic nitrogens is 1. The number of hydrogen-bond donors (Lipinski definition) is 0. The minimum Gasteiger partial charge on any atom is -0.466 e. The van der Waals surface area contributed by atoms with Gasteiger partial charge in [-0.2, -0.15) is 0 Å². The lowest BCUT2D eigenvalue weighted by atomic mass is 10.2. The van der Waals surface area contributed by atoms with Crippen molar-refractivity contribution in [3.63, 3.8) is 0 Å². The molecule has 0 aliphatic heterocycles. The molecule has 0 bridgehead atoms.